The minimum atomic E-state index is -4.44. The zero-order valence-electron chi connectivity index (χ0n) is 16.7. The van der Waals surface area contributed by atoms with E-state index in [4.69, 9.17) is 5.11 Å². The Kier molecular flexibility index (Phi) is 7.43. The average molecular weight is 432 g/mol. The maximum Gasteiger partial charge on any atom is 0.401 e. The highest BCUT2D eigenvalue weighted by Crippen LogP contribution is 2.25. The first-order valence-corrected chi connectivity index (χ1v) is 9.76. The van der Waals surface area contributed by atoms with Crippen LogP contribution in [0.3, 0.4) is 0 Å². The molecule has 0 unspecified atom stereocenters. The van der Waals surface area contributed by atoms with Crippen molar-refractivity contribution < 1.29 is 23.1 Å². The van der Waals surface area contributed by atoms with Gasteiger partial charge in [0.25, 0.3) is 0 Å². The van der Waals surface area contributed by atoms with Gasteiger partial charge in [-0.25, -0.2) is 4.68 Å². The maximum atomic E-state index is 12.8. The molecule has 2 aromatic carbocycles. The number of halogens is 3. The number of nitrogens with one attached hydrogen (secondary N) is 1. The molecule has 0 saturated carbocycles. The van der Waals surface area contributed by atoms with Gasteiger partial charge >= 0.3 is 6.18 Å². The van der Waals surface area contributed by atoms with Crippen molar-refractivity contribution in [3.05, 3.63) is 66.7 Å². The molecule has 0 fully saturated rings. The van der Waals surface area contributed by atoms with Gasteiger partial charge in [0.1, 0.15) is 5.82 Å². The molecule has 0 aliphatic rings. The summed E-state index contributed by atoms with van der Waals surface area (Å²) in [6.07, 6.45) is -4.30. The third-order valence-corrected chi connectivity index (χ3v) is 4.45. The number of aromatic nitrogens is 2. The summed E-state index contributed by atoms with van der Waals surface area (Å²) in [6.45, 7) is -1.98. The van der Waals surface area contributed by atoms with Gasteiger partial charge < -0.3 is 10.4 Å². The van der Waals surface area contributed by atoms with E-state index in [1.807, 2.05) is 60.7 Å². The third kappa shape index (κ3) is 6.66. The van der Waals surface area contributed by atoms with Crippen LogP contribution in [0.5, 0.6) is 0 Å². The van der Waals surface area contributed by atoms with Crippen molar-refractivity contribution in [1.29, 1.82) is 0 Å². The van der Waals surface area contributed by atoms with E-state index in [2.05, 4.69) is 10.4 Å². The highest BCUT2D eigenvalue weighted by Gasteiger charge is 2.31. The molecule has 0 aliphatic carbocycles. The fourth-order valence-electron chi connectivity index (χ4n) is 3.13. The largest absolute Gasteiger partial charge is 0.401 e. The zero-order valence-corrected chi connectivity index (χ0v) is 16.7. The number of para-hydroxylation sites is 1. The van der Waals surface area contributed by atoms with Crippen LogP contribution in [0, 0.1) is 0 Å². The Morgan fingerprint density at radius 3 is 2.32 bits per heavy atom. The van der Waals surface area contributed by atoms with Crippen LogP contribution in [-0.2, 0) is 4.79 Å². The second-order valence-corrected chi connectivity index (χ2v) is 6.98. The molecular weight excluding hydrogens is 409 g/mol. The van der Waals surface area contributed by atoms with Crippen LogP contribution >= 0.6 is 0 Å². The quantitative estimate of drug-likeness (QED) is 0.541. The number of alkyl halides is 3. The van der Waals surface area contributed by atoms with Crippen molar-refractivity contribution in [2.24, 2.45) is 0 Å². The molecule has 6 nitrogen and oxygen atoms in total. The first-order valence-electron chi connectivity index (χ1n) is 9.76. The van der Waals surface area contributed by atoms with Gasteiger partial charge in [-0.1, -0.05) is 48.5 Å². The van der Waals surface area contributed by atoms with Gasteiger partial charge in [-0.3, -0.25) is 9.69 Å². The van der Waals surface area contributed by atoms with Crippen molar-refractivity contribution in [1.82, 2.24) is 14.7 Å². The number of anilines is 1. The molecule has 9 heteroatoms. The van der Waals surface area contributed by atoms with E-state index in [9.17, 15) is 18.0 Å². The lowest BCUT2D eigenvalue weighted by molar-refractivity contribution is -0.148. The molecule has 164 valence electrons. The summed E-state index contributed by atoms with van der Waals surface area (Å²) in [6, 6.07) is 20.2. The second kappa shape index (κ2) is 10.2. The Bertz CT molecular complexity index is 975. The highest BCUT2D eigenvalue weighted by molar-refractivity contribution is 5.92. The number of rotatable bonds is 9. The lowest BCUT2D eigenvalue weighted by Gasteiger charge is -2.22. The van der Waals surface area contributed by atoms with Gasteiger partial charge in [0, 0.05) is 24.8 Å². The number of amides is 1. The number of aliphatic hydroxyl groups excluding tert-OH is 1. The summed E-state index contributed by atoms with van der Waals surface area (Å²) in [7, 11) is 0. The Morgan fingerprint density at radius 1 is 1.06 bits per heavy atom. The Labute approximate surface area is 177 Å². The van der Waals surface area contributed by atoms with Gasteiger partial charge in [-0.05, 0) is 18.6 Å². The van der Waals surface area contributed by atoms with E-state index in [1.54, 1.807) is 10.7 Å². The van der Waals surface area contributed by atoms with Crippen molar-refractivity contribution >= 4 is 11.7 Å². The zero-order chi connectivity index (χ0) is 22.3. The van der Waals surface area contributed by atoms with Crippen LogP contribution < -0.4 is 5.32 Å². The first-order chi connectivity index (χ1) is 14.9. The van der Waals surface area contributed by atoms with Gasteiger partial charge in [-0.15, -0.1) is 0 Å². The smallest absolute Gasteiger partial charge is 0.396 e. The summed E-state index contributed by atoms with van der Waals surface area (Å²) in [5.41, 5.74) is 2.16. The van der Waals surface area contributed by atoms with Crippen LogP contribution in [0.15, 0.2) is 66.7 Å². The molecule has 1 amide bonds. The first kappa shape index (κ1) is 22.5. The molecule has 1 aromatic heterocycles. The van der Waals surface area contributed by atoms with Crippen LogP contribution in [0.25, 0.3) is 16.9 Å². The maximum absolute atomic E-state index is 12.8. The van der Waals surface area contributed by atoms with Crippen molar-refractivity contribution in [3.8, 4) is 16.9 Å². The molecule has 3 aromatic rings. The summed E-state index contributed by atoms with van der Waals surface area (Å²) >= 11 is 0. The lowest BCUT2D eigenvalue weighted by atomic mass is 10.1. The monoisotopic (exact) mass is 432 g/mol. The summed E-state index contributed by atoms with van der Waals surface area (Å²) < 4.78 is 40.1. The molecular formula is C22H23F3N4O2. The van der Waals surface area contributed by atoms with E-state index in [0.717, 1.165) is 10.5 Å². The number of hydrogen-bond acceptors (Lipinski definition) is 4. The summed E-state index contributed by atoms with van der Waals surface area (Å²) in [5, 5.41) is 16.2. The summed E-state index contributed by atoms with van der Waals surface area (Å²) in [4.78, 5) is 13.5. The SMILES string of the molecule is O=C(CN(CCCO)CC(F)(F)F)Nc1cc(-c2ccccc2)nn1-c1ccccc1. The predicted molar refractivity (Wildman–Crippen MR) is 112 cm³/mol. The molecule has 0 aliphatic heterocycles. The van der Waals surface area contributed by atoms with Crippen molar-refractivity contribution in [2.45, 2.75) is 12.6 Å². The van der Waals surface area contributed by atoms with E-state index in [1.165, 1.54) is 0 Å². The fourth-order valence-corrected chi connectivity index (χ4v) is 3.13. The number of hydrogen-bond donors (Lipinski definition) is 2. The van der Waals surface area contributed by atoms with Gasteiger partial charge in [0.05, 0.1) is 24.5 Å². The van der Waals surface area contributed by atoms with Gasteiger partial charge in [0.15, 0.2) is 0 Å². The minimum absolute atomic E-state index is 0.0450. The third-order valence-electron chi connectivity index (χ3n) is 4.45. The Hall–Kier alpha value is -3.17. The lowest BCUT2D eigenvalue weighted by Crippen LogP contribution is -2.40. The number of carbonyl (C=O) groups excluding carboxylic acids is 1. The van der Waals surface area contributed by atoms with Crippen LogP contribution in [-0.4, -0.2) is 58.1 Å². The predicted octanol–water partition coefficient (Wildman–Crippen LogP) is 3.72. The number of carbonyl (C=O) groups is 1. The normalized spacial score (nSPS) is 11.6. The van der Waals surface area contributed by atoms with Crippen LogP contribution in [0.1, 0.15) is 6.42 Å². The molecule has 31 heavy (non-hydrogen) atoms. The number of nitrogens with zero attached hydrogens (tertiary/aromatic N) is 3. The van der Waals surface area contributed by atoms with Crippen LogP contribution in [0.2, 0.25) is 0 Å². The summed E-state index contributed by atoms with van der Waals surface area (Å²) in [5.74, 6) is -0.247. The van der Waals surface area contributed by atoms with Gasteiger partial charge in [0.2, 0.25) is 5.91 Å². The minimum Gasteiger partial charge on any atom is -0.396 e. The van der Waals surface area contributed by atoms with E-state index in [-0.39, 0.29) is 19.6 Å². The van der Waals surface area contributed by atoms with Crippen molar-refractivity contribution in [2.75, 3.05) is 31.6 Å². The standard InChI is InChI=1S/C22H23F3N4O2/c23-22(24,25)16-28(12-7-13-30)15-21(31)26-20-14-19(17-8-3-1-4-9-17)27-29(20)18-10-5-2-6-11-18/h1-6,8-11,14,30H,7,12-13,15-16H2,(H,26,31). The molecule has 0 atom stereocenters. The van der Waals surface area contributed by atoms with E-state index < -0.39 is 25.2 Å². The Balaban J connectivity index is 1.83. The molecule has 1 heterocycles. The highest BCUT2D eigenvalue weighted by atomic mass is 19.4. The Morgan fingerprint density at radius 2 is 1.71 bits per heavy atom. The topological polar surface area (TPSA) is 70.4 Å². The number of benzene rings is 2. The fraction of sp³-hybridized carbons (Fsp3) is 0.273. The van der Waals surface area contributed by atoms with Gasteiger partial charge in [-0.2, -0.15) is 18.3 Å². The number of aliphatic hydroxyl groups is 1. The molecule has 2 N–H and O–H groups in total. The molecule has 0 bridgehead atoms. The average Bonchev–Trinajstić information content (AvgIpc) is 3.16. The molecule has 0 saturated heterocycles. The molecule has 0 radical (unpaired) electrons. The van der Waals surface area contributed by atoms with Crippen molar-refractivity contribution in [3.63, 3.8) is 0 Å². The molecule has 0 spiro atoms. The molecule has 3 rings (SSSR count). The second-order valence-electron chi connectivity index (χ2n) is 6.98. The van der Waals surface area contributed by atoms with E-state index in [0.29, 0.717) is 17.2 Å². The van der Waals surface area contributed by atoms with E-state index >= 15 is 0 Å². The van der Waals surface area contributed by atoms with Crippen LogP contribution in [0.4, 0.5) is 19.0 Å².